The molecule has 0 aromatic rings. The molecule has 6 heteroatoms. The number of carbonyl (C=O) groups is 2. The van der Waals surface area contributed by atoms with E-state index in [4.69, 9.17) is 9.47 Å². The number of ether oxygens (including phenoxy) is 2. The highest BCUT2D eigenvalue weighted by Crippen LogP contribution is 2.03. The van der Waals surface area contributed by atoms with Gasteiger partial charge in [0.05, 0.1) is 26.4 Å². The fourth-order valence-electron chi connectivity index (χ4n) is 2.16. The molecule has 1 fully saturated rings. The van der Waals surface area contributed by atoms with Crippen LogP contribution in [-0.4, -0.2) is 74.2 Å². The van der Waals surface area contributed by atoms with Gasteiger partial charge in [-0.15, -0.1) is 0 Å². The molecule has 0 atom stereocenters. The number of amides is 1. The second-order valence-corrected chi connectivity index (χ2v) is 4.77. The van der Waals surface area contributed by atoms with Crippen LogP contribution in [0.25, 0.3) is 0 Å². The monoisotopic (exact) mass is 286 g/mol. The summed E-state index contributed by atoms with van der Waals surface area (Å²) in [6, 6.07) is 0. The van der Waals surface area contributed by atoms with Gasteiger partial charge in [-0.05, 0) is 26.4 Å². The van der Waals surface area contributed by atoms with Crippen molar-refractivity contribution < 1.29 is 19.1 Å². The van der Waals surface area contributed by atoms with Crippen molar-refractivity contribution in [3.63, 3.8) is 0 Å². The number of hydrogen-bond donors (Lipinski definition) is 0. The van der Waals surface area contributed by atoms with Gasteiger partial charge in [0.1, 0.15) is 0 Å². The molecule has 116 valence electrons. The van der Waals surface area contributed by atoms with E-state index in [1.807, 2.05) is 16.7 Å². The molecule has 0 N–H and O–H groups in total. The first-order valence-corrected chi connectivity index (χ1v) is 7.40. The summed E-state index contributed by atoms with van der Waals surface area (Å²) in [6.45, 7) is 8.69. The fourth-order valence-corrected chi connectivity index (χ4v) is 2.16. The summed E-state index contributed by atoms with van der Waals surface area (Å²) in [7, 11) is 0. The molecule has 1 aliphatic rings. The van der Waals surface area contributed by atoms with Gasteiger partial charge in [0.15, 0.2) is 0 Å². The molecule has 6 nitrogen and oxygen atoms in total. The highest BCUT2D eigenvalue weighted by atomic mass is 16.5. The summed E-state index contributed by atoms with van der Waals surface area (Å²) in [5.74, 6) is -0.0191. The largest absolute Gasteiger partial charge is 0.465 e. The van der Waals surface area contributed by atoms with Gasteiger partial charge >= 0.3 is 5.97 Å². The number of nitrogens with zero attached hydrogens (tertiary/aromatic N) is 2. The Bertz CT molecular complexity index is 304. The lowest BCUT2D eigenvalue weighted by Crippen LogP contribution is -2.41. The summed E-state index contributed by atoms with van der Waals surface area (Å²) in [6.07, 6.45) is 1.29. The van der Waals surface area contributed by atoms with E-state index in [2.05, 4.69) is 0 Å². The van der Waals surface area contributed by atoms with Crippen molar-refractivity contribution in [2.24, 2.45) is 0 Å². The van der Waals surface area contributed by atoms with Crippen LogP contribution in [0, 0.1) is 0 Å². The maximum absolute atomic E-state index is 12.0. The van der Waals surface area contributed by atoms with Crippen LogP contribution in [-0.2, 0) is 19.1 Å². The van der Waals surface area contributed by atoms with Crippen LogP contribution < -0.4 is 0 Å². The average Bonchev–Trinajstić information content (AvgIpc) is 2.47. The molecule has 0 radical (unpaired) electrons. The molecule has 20 heavy (non-hydrogen) atoms. The maximum Gasteiger partial charge on any atom is 0.320 e. The van der Waals surface area contributed by atoms with Crippen LogP contribution in [0.2, 0.25) is 0 Å². The van der Waals surface area contributed by atoms with Gasteiger partial charge in [-0.3, -0.25) is 14.5 Å². The van der Waals surface area contributed by atoms with Crippen molar-refractivity contribution in [3.8, 4) is 0 Å². The standard InChI is InChI=1S/C14H26N2O4/c1-3-15(12-14(18)20-4-2)7-5-6-13(17)16-8-10-19-11-9-16/h3-12H2,1-2H3. The Kier molecular flexibility index (Phi) is 8.22. The van der Waals surface area contributed by atoms with Gasteiger partial charge in [-0.2, -0.15) is 0 Å². The number of hydrogen-bond acceptors (Lipinski definition) is 5. The Morgan fingerprint density at radius 3 is 2.55 bits per heavy atom. The van der Waals surface area contributed by atoms with Crippen molar-refractivity contribution in [2.75, 3.05) is 52.5 Å². The first kappa shape index (κ1) is 16.9. The zero-order valence-corrected chi connectivity index (χ0v) is 12.6. The Morgan fingerprint density at radius 1 is 1.25 bits per heavy atom. The first-order valence-electron chi connectivity index (χ1n) is 7.40. The SMILES string of the molecule is CCOC(=O)CN(CC)CCCC(=O)N1CCOCC1. The van der Waals surface area contributed by atoms with Crippen LogP contribution in [0.1, 0.15) is 26.7 Å². The highest BCUT2D eigenvalue weighted by molar-refractivity contribution is 5.76. The molecule has 1 aliphatic heterocycles. The molecule has 1 amide bonds. The molecule has 0 unspecified atom stereocenters. The maximum atomic E-state index is 12.0. The van der Waals surface area contributed by atoms with Crippen LogP contribution in [0.5, 0.6) is 0 Å². The number of carbonyl (C=O) groups excluding carboxylic acids is 2. The van der Waals surface area contributed by atoms with Crippen molar-refractivity contribution in [3.05, 3.63) is 0 Å². The van der Waals surface area contributed by atoms with E-state index in [0.29, 0.717) is 45.9 Å². The van der Waals surface area contributed by atoms with Gasteiger partial charge in [-0.25, -0.2) is 0 Å². The first-order chi connectivity index (χ1) is 9.67. The normalized spacial score (nSPS) is 15.4. The number of likely N-dealkylation sites (N-methyl/N-ethyl adjacent to an activating group) is 1. The summed E-state index contributed by atoms with van der Waals surface area (Å²) < 4.78 is 10.2. The Hall–Kier alpha value is -1.14. The number of rotatable bonds is 8. The predicted molar refractivity (Wildman–Crippen MR) is 75.4 cm³/mol. The number of esters is 1. The zero-order valence-electron chi connectivity index (χ0n) is 12.6. The van der Waals surface area contributed by atoms with Gasteiger partial charge in [0.2, 0.25) is 5.91 Å². The van der Waals surface area contributed by atoms with E-state index in [1.54, 1.807) is 6.92 Å². The van der Waals surface area contributed by atoms with Gasteiger partial charge in [0.25, 0.3) is 0 Å². The Labute approximate surface area is 121 Å². The minimum absolute atomic E-state index is 0.181. The lowest BCUT2D eigenvalue weighted by atomic mass is 10.2. The molecule has 0 aliphatic carbocycles. The van der Waals surface area contributed by atoms with E-state index in [-0.39, 0.29) is 11.9 Å². The van der Waals surface area contributed by atoms with Crippen molar-refractivity contribution in [1.82, 2.24) is 9.80 Å². The molecule has 1 saturated heterocycles. The summed E-state index contributed by atoms with van der Waals surface area (Å²) in [5.41, 5.74) is 0. The molecule has 0 bridgehead atoms. The van der Waals surface area contributed by atoms with Crippen molar-refractivity contribution in [1.29, 1.82) is 0 Å². The average molecular weight is 286 g/mol. The van der Waals surface area contributed by atoms with E-state index < -0.39 is 0 Å². The van der Waals surface area contributed by atoms with E-state index in [0.717, 1.165) is 19.5 Å². The second kappa shape index (κ2) is 9.72. The van der Waals surface area contributed by atoms with Crippen molar-refractivity contribution >= 4 is 11.9 Å². The number of morpholine rings is 1. The predicted octanol–water partition coefficient (Wildman–Crippen LogP) is 0.510. The summed E-state index contributed by atoms with van der Waals surface area (Å²) in [5, 5.41) is 0. The van der Waals surface area contributed by atoms with E-state index in [1.165, 1.54) is 0 Å². The van der Waals surface area contributed by atoms with Gasteiger partial charge < -0.3 is 14.4 Å². The van der Waals surface area contributed by atoms with Crippen molar-refractivity contribution in [2.45, 2.75) is 26.7 Å². The smallest absolute Gasteiger partial charge is 0.320 e. The third-order valence-electron chi connectivity index (χ3n) is 3.33. The van der Waals surface area contributed by atoms with E-state index >= 15 is 0 Å². The second-order valence-electron chi connectivity index (χ2n) is 4.77. The lowest BCUT2D eigenvalue weighted by molar-refractivity contribution is -0.144. The minimum Gasteiger partial charge on any atom is -0.465 e. The van der Waals surface area contributed by atoms with Gasteiger partial charge in [-0.1, -0.05) is 6.92 Å². The summed E-state index contributed by atoms with van der Waals surface area (Å²) in [4.78, 5) is 27.2. The van der Waals surface area contributed by atoms with Gasteiger partial charge in [0, 0.05) is 19.5 Å². The molecular weight excluding hydrogens is 260 g/mol. The molecule has 0 saturated carbocycles. The van der Waals surface area contributed by atoms with Crippen LogP contribution in [0.3, 0.4) is 0 Å². The Balaban J connectivity index is 2.19. The highest BCUT2D eigenvalue weighted by Gasteiger charge is 2.17. The topological polar surface area (TPSA) is 59.1 Å². The van der Waals surface area contributed by atoms with Crippen LogP contribution >= 0.6 is 0 Å². The van der Waals surface area contributed by atoms with Crippen LogP contribution in [0.4, 0.5) is 0 Å². The third-order valence-corrected chi connectivity index (χ3v) is 3.33. The fraction of sp³-hybridized carbons (Fsp3) is 0.857. The third kappa shape index (κ3) is 6.34. The molecule has 0 aromatic carbocycles. The summed E-state index contributed by atoms with van der Waals surface area (Å²) >= 11 is 0. The Morgan fingerprint density at radius 2 is 1.95 bits per heavy atom. The molecule has 1 rings (SSSR count). The molecule has 1 heterocycles. The minimum atomic E-state index is -0.200. The quantitative estimate of drug-likeness (QED) is 0.609. The molecule has 0 spiro atoms. The van der Waals surface area contributed by atoms with Crippen LogP contribution in [0.15, 0.2) is 0 Å². The lowest BCUT2D eigenvalue weighted by Gasteiger charge is -2.27. The molecular formula is C14H26N2O4. The zero-order chi connectivity index (χ0) is 14.8. The molecule has 0 aromatic heterocycles. The van der Waals surface area contributed by atoms with E-state index in [9.17, 15) is 9.59 Å².